The molecule has 0 saturated heterocycles. The van der Waals surface area contributed by atoms with Gasteiger partial charge in [-0.15, -0.1) is 0 Å². The largest absolute Gasteiger partial charge is 0.384 e. The van der Waals surface area contributed by atoms with E-state index >= 15 is 0 Å². The molecule has 7 rings (SSSR count). The topological polar surface area (TPSA) is 199 Å². The molecule has 17 nitrogen and oxygen atoms in total. The Hall–Kier alpha value is -6.69. The summed E-state index contributed by atoms with van der Waals surface area (Å²) in [5, 5.41) is 22.6. The maximum atomic E-state index is 14.0. The average Bonchev–Trinajstić information content (AvgIpc) is 3.23. The van der Waals surface area contributed by atoms with E-state index in [4.69, 9.17) is 0 Å². The van der Waals surface area contributed by atoms with Gasteiger partial charge in [0.1, 0.15) is 0 Å². The zero-order chi connectivity index (χ0) is 43.5. The van der Waals surface area contributed by atoms with Crippen LogP contribution in [0.2, 0.25) is 0 Å². The molecule has 1 amide bonds. The van der Waals surface area contributed by atoms with Crippen molar-refractivity contribution in [3.63, 3.8) is 0 Å². The number of carbonyl (C=O) groups excluding carboxylic acids is 1. The number of carbonyl (C=O) groups is 1. The van der Waals surface area contributed by atoms with Crippen LogP contribution in [0.3, 0.4) is 0 Å². The number of anilines is 2. The number of non-ortho nitro benzene ring substituents is 1. The molecule has 0 bridgehead atoms. The summed E-state index contributed by atoms with van der Waals surface area (Å²) < 4.78 is 2.74. The molecule has 61 heavy (non-hydrogen) atoms. The number of aromatic amines is 1. The van der Waals surface area contributed by atoms with Crippen molar-refractivity contribution in [2.24, 2.45) is 0 Å². The molecule has 0 fully saturated rings. The fourth-order valence-electron chi connectivity index (χ4n) is 7.80. The smallest absolute Gasteiger partial charge is 0.336 e. The number of aromatic nitrogens is 3. The fourth-order valence-corrected chi connectivity index (χ4v) is 7.80. The molecule has 0 atom stereocenters. The Labute approximate surface area is 349 Å². The normalized spacial score (nSPS) is 11.9. The lowest BCUT2D eigenvalue weighted by Crippen LogP contribution is -2.40. The molecule has 0 saturated carbocycles. The van der Waals surface area contributed by atoms with Crippen LogP contribution in [0.1, 0.15) is 23.2 Å². The third-order valence-corrected chi connectivity index (χ3v) is 11.0. The quantitative estimate of drug-likeness (QED) is 0.0323. The van der Waals surface area contributed by atoms with Crippen molar-refractivity contribution in [3.8, 4) is 0 Å². The van der Waals surface area contributed by atoms with Crippen LogP contribution in [-0.2, 0) is 6.54 Å². The van der Waals surface area contributed by atoms with Crippen LogP contribution in [0.4, 0.5) is 17.1 Å². The number of nitrogens with zero attached hydrogens (tertiary/aromatic N) is 6. The Kier molecular flexibility index (Phi) is 12.4. The van der Waals surface area contributed by atoms with Crippen LogP contribution in [0.25, 0.3) is 49.0 Å². The van der Waals surface area contributed by atoms with Gasteiger partial charge in [0.05, 0.1) is 54.1 Å². The summed E-state index contributed by atoms with van der Waals surface area (Å²) >= 11 is 0. The highest BCUT2D eigenvalue weighted by Gasteiger charge is 2.22. The van der Waals surface area contributed by atoms with Crippen LogP contribution in [0.5, 0.6) is 0 Å². The Morgan fingerprint density at radius 2 is 1.39 bits per heavy atom. The minimum absolute atomic E-state index is 0.152. The number of hydrogen-bond acceptors (Lipinski definition) is 12. The fraction of sp³-hybridized carbons (Fsp3) is 0.341. The van der Waals surface area contributed by atoms with Crippen molar-refractivity contribution >= 4 is 72.0 Å². The van der Waals surface area contributed by atoms with Gasteiger partial charge in [0, 0.05) is 68.2 Å². The zero-order valence-corrected chi connectivity index (χ0v) is 35.0. The Bertz CT molecular complexity index is 3050. The number of para-hydroxylation sites is 1. The molecular weight excluding hydrogens is 781 g/mol. The molecule has 3 aromatic heterocycles. The lowest BCUT2D eigenvalue weighted by Gasteiger charge is -2.19. The lowest BCUT2D eigenvalue weighted by molar-refractivity contribution is -0.384. The number of nitro benzene ring substituents is 1. The third kappa shape index (κ3) is 8.52. The summed E-state index contributed by atoms with van der Waals surface area (Å²) in [6.45, 7) is 4.21. The molecule has 0 unspecified atom stereocenters. The molecule has 3 heterocycles. The predicted octanol–water partition coefficient (Wildman–Crippen LogP) is 3.56. The van der Waals surface area contributed by atoms with E-state index in [1.165, 1.54) is 27.2 Å². The first-order chi connectivity index (χ1) is 29.3. The summed E-state index contributed by atoms with van der Waals surface area (Å²) in [6.07, 6.45) is 1.43. The van der Waals surface area contributed by atoms with Crippen LogP contribution in [0.15, 0.2) is 85.9 Å². The highest BCUT2D eigenvalue weighted by Crippen LogP contribution is 2.28. The van der Waals surface area contributed by atoms with Crippen molar-refractivity contribution in [1.29, 1.82) is 0 Å². The van der Waals surface area contributed by atoms with E-state index in [1.807, 2.05) is 45.0 Å². The summed E-state index contributed by atoms with van der Waals surface area (Å²) in [7, 11) is 9.56. The van der Waals surface area contributed by atoms with Crippen LogP contribution >= 0.6 is 0 Å². The van der Waals surface area contributed by atoms with Gasteiger partial charge in [-0.25, -0.2) is 4.79 Å². The number of hydrogen-bond donors (Lipinski definition) is 4. The van der Waals surface area contributed by atoms with Gasteiger partial charge in [-0.2, -0.15) is 0 Å². The average molecular weight is 831 g/mol. The van der Waals surface area contributed by atoms with E-state index < -0.39 is 21.6 Å². The first kappa shape index (κ1) is 42.4. The van der Waals surface area contributed by atoms with Crippen molar-refractivity contribution in [1.82, 2.24) is 34.0 Å². The lowest BCUT2D eigenvalue weighted by atomic mass is 10.0. The Morgan fingerprint density at radius 3 is 2.08 bits per heavy atom. The monoisotopic (exact) mass is 830 g/mol. The molecule has 0 radical (unpaired) electrons. The standard InChI is InChI=1S/C44H50N10O7/c1-49(2)23-20-47-42(57)29-13-16-33(36-38(29)48-32-15-12-27(54(60)61)26-31(32)41(36)56)45-18-8-21-51(5)22-9-19-46-34-17-14-30-39-37(34)40(55)28-10-6-7-11-35(28)53(39)44(59)52(43(30)58)25-24-50(3)4/h6-7,10-17,26,45-46H,8-9,18-25H2,1-5H3,(H,47,57)(H,48,56). The van der Waals surface area contributed by atoms with Gasteiger partial charge in [0.25, 0.3) is 17.2 Å². The van der Waals surface area contributed by atoms with E-state index in [1.54, 1.807) is 48.5 Å². The second kappa shape index (κ2) is 17.9. The molecule has 0 aliphatic heterocycles. The van der Waals surface area contributed by atoms with E-state index in [2.05, 4.69) is 25.8 Å². The molecule has 0 spiro atoms. The Balaban J connectivity index is 1.03. The Morgan fingerprint density at radius 1 is 0.738 bits per heavy atom. The van der Waals surface area contributed by atoms with E-state index in [0.717, 1.165) is 13.0 Å². The number of amides is 1. The summed E-state index contributed by atoms with van der Waals surface area (Å²) in [5.41, 5.74) is 1.07. The molecule has 318 valence electrons. The number of benzene rings is 4. The van der Waals surface area contributed by atoms with Gasteiger partial charge in [-0.1, -0.05) is 12.1 Å². The third-order valence-electron chi connectivity index (χ3n) is 11.0. The highest BCUT2D eigenvalue weighted by atomic mass is 16.6. The van der Waals surface area contributed by atoms with E-state index in [0.29, 0.717) is 101 Å². The van der Waals surface area contributed by atoms with Crippen molar-refractivity contribution in [3.05, 3.63) is 124 Å². The number of H-pyrrole nitrogens is 1. The predicted molar refractivity (Wildman–Crippen MR) is 242 cm³/mol. The first-order valence-electron chi connectivity index (χ1n) is 20.2. The second-order valence-electron chi connectivity index (χ2n) is 15.9. The maximum Gasteiger partial charge on any atom is 0.336 e. The minimum atomic E-state index is -0.547. The van der Waals surface area contributed by atoms with Crippen molar-refractivity contribution < 1.29 is 9.72 Å². The van der Waals surface area contributed by atoms with E-state index in [9.17, 15) is 34.1 Å². The number of nitro groups is 1. The molecule has 0 aliphatic rings. The number of likely N-dealkylation sites (N-methyl/N-ethyl adjacent to an activating group) is 2. The molecule has 0 aliphatic carbocycles. The molecule has 4 N–H and O–H groups in total. The van der Waals surface area contributed by atoms with Gasteiger partial charge in [0.2, 0.25) is 0 Å². The van der Waals surface area contributed by atoms with Gasteiger partial charge in [-0.05, 0) is 104 Å². The van der Waals surface area contributed by atoms with Gasteiger partial charge in [0.15, 0.2) is 10.9 Å². The van der Waals surface area contributed by atoms with Crippen LogP contribution < -0.4 is 38.1 Å². The molecule has 7 aromatic rings. The molecule has 17 heteroatoms. The van der Waals surface area contributed by atoms with Crippen molar-refractivity contribution in [2.75, 3.05) is 91.7 Å². The zero-order valence-electron chi connectivity index (χ0n) is 35.0. The summed E-state index contributed by atoms with van der Waals surface area (Å²) in [4.78, 5) is 88.9. The molecular formula is C44H50N10O7. The minimum Gasteiger partial charge on any atom is -0.384 e. The van der Waals surface area contributed by atoms with Gasteiger partial charge < -0.3 is 35.6 Å². The summed E-state index contributed by atoms with van der Waals surface area (Å²) in [6, 6.07) is 17.8. The van der Waals surface area contributed by atoms with Crippen molar-refractivity contribution in [2.45, 2.75) is 19.4 Å². The SMILES string of the molecule is CN(C)CCNC(=O)c1ccc(NCCCN(C)CCCNc2ccc3c(=O)n(CCN(C)C)c(=O)n4c5ccccc5c(=O)c2c34)c2c(=O)c3cc([N+](=O)[O-])ccc3[nH]c12. The highest BCUT2D eigenvalue weighted by molar-refractivity contribution is 6.11. The van der Waals surface area contributed by atoms with E-state index in [-0.39, 0.29) is 34.3 Å². The molecule has 4 aromatic carbocycles. The van der Waals surface area contributed by atoms with Crippen LogP contribution in [-0.4, -0.2) is 121 Å². The number of nitrogens with one attached hydrogen (secondary N) is 4. The first-order valence-corrected chi connectivity index (χ1v) is 20.2. The number of pyridine rings is 2. The number of fused-ring (bicyclic) bond motifs is 4. The number of rotatable bonds is 18. The van der Waals surface area contributed by atoms with Gasteiger partial charge in [-0.3, -0.25) is 38.3 Å². The van der Waals surface area contributed by atoms with Gasteiger partial charge >= 0.3 is 5.69 Å². The maximum absolute atomic E-state index is 14.0. The second-order valence-corrected chi connectivity index (χ2v) is 15.9. The van der Waals surface area contributed by atoms with Crippen LogP contribution in [0, 0.1) is 10.1 Å². The summed E-state index contributed by atoms with van der Waals surface area (Å²) in [5.74, 6) is -0.343.